The van der Waals surface area contributed by atoms with E-state index in [1.54, 1.807) is 12.0 Å². The molecule has 2 aliphatic heterocycles. The van der Waals surface area contributed by atoms with Gasteiger partial charge in [-0.05, 0) is 37.0 Å². The summed E-state index contributed by atoms with van der Waals surface area (Å²) in [4.78, 5) is 24.1. The lowest BCUT2D eigenvalue weighted by molar-refractivity contribution is -0.0467. The van der Waals surface area contributed by atoms with Crippen molar-refractivity contribution in [1.29, 1.82) is 0 Å². The quantitative estimate of drug-likeness (QED) is 0.607. The third-order valence-electron chi connectivity index (χ3n) is 6.16. The van der Waals surface area contributed by atoms with Crippen molar-refractivity contribution in [3.05, 3.63) is 46.2 Å². The number of morpholine rings is 1. The molecule has 0 unspecified atom stereocenters. The number of ether oxygens (including phenoxy) is 3. The second-order valence-corrected chi connectivity index (χ2v) is 8.54. The molecule has 9 heteroatoms. The van der Waals surface area contributed by atoms with Gasteiger partial charge in [0.05, 0.1) is 19.8 Å². The zero-order valence-electron chi connectivity index (χ0n) is 19.2. The van der Waals surface area contributed by atoms with Crippen LogP contribution in [0.25, 0.3) is 0 Å². The van der Waals surface area contributed by atoms with Gasteiger partial charge in [0, 0.05) is 32.3 Å². The number of alkyl halides is 1. The highest BCUT2D eigenvalue weighted by atomic mass is 19.1. The van der Waals surface area contributed by atoms with Crippen LogP contribution >= 0.6 is 0 Å². The maximum absolute atomic E-state index is 13.7. The molecule has 33 heavy (non-hydrogen) atoms. The van der Waals surface area contributed by atoms with Crippen molar-refractivity contribution in [1.82, 2.24) is 9.97 Å². The van der Waals surface area contributed by atoms with E-state index in [9.17, 15) is 9.18 Å². The highest BCUT2D eigenvalue weighted by Crippen LogP contribution is 2.26. The van der Waals surface area contributed by atoms with Gasteiger partial charge >= 0.3 is 0 Å². The molecule has 180 valence electrons. The molecule has 0 aliphatic carbocycles. The minimum atomic E-state index is -1.37. The van der Waals surface area contributed by atoms with Crippen LogP contribution in [-0.2, 0) is 15.9 Å². The maximum atomic E-state index is 13.7. The molecule has 0 saturated carbocycles. The van der Waals surface area contributed by atoms with Crippen molar-refractivity contribution in [2.45, 2.75) is 44.5 Å². The Hall–Kier alpha value is -2.65. The molecule has 2 aromatic rings. The molecule has 2 fully saturated rings. The third-order valence-corrected chi connectivity index (χ3v) is 6.16. The number of anilines is 2. The van der Waals surface area contributed by atoms with E-state index < -0.39 is 6.36 Å². The zero-order valence-corrected chi connectivity index (χ0v) is 19.2. The first kappa shape index (κ1) is 23.5. The van der Waals surface area contributed by atoms with Crippen molar-refractivity contribution in [3.8, 4) is 5.75 Å². The van der Waals surface area contributed by atoms with Gasteiger partial charge < -0.3 is 24.0 Å². The number of nitrogens with zero attached hydrogens (tertiary/aromatic N) is 3. The number of benzene rings is 1. The van der Waals surface area contributed by atoms with Crippen molar-refractivity contribution in [2.75, 3.05) is 56.4 Å². The molecule has 0 bridgehead atoms. The lowest BCUT2D eigenvalue weighted by Crippen LogP contribution is -2.43. The maximum Gasteiger partial charge on any atom is 0.254 e. The van der Waals surface area contributed by atoms with Gasteiger partial charge in [0.15, 0.2) is 0 Å². The Balaban J connectivity index is 1.51. The van der Waals surface area contributed by atoms with E-state index in [1.165, 1.54) is 11.6 Å². The highest BCUT2D eigenvalue weighted by molar-refractivity contribution is 5.45. The summed E-state index contributed by atoms with van der Waals surface area (Å²) in [5.74, 6) is 1.88. The first-order valence-corrected chi connectivity index (χ1v) is 11.7. The Labute approximate surface area is 193 Å². The molecule has 1 aromatic carbocycles. The predicted molar refractivity (Wildman–Crippen MR) is 125 cm³/mol. The smallest absolute Gasteiger partial charge is 0.254 e. The molecule has 3 heterocycles. The lowest BCUT2D eigenvalue weighted by atomic mass is 10.0. The molecule has 1 aromatic heterocycles. The summed E-state index contributed by atoms with van der Waals surface area (Å²) in [5, 5.41) is 0. The van der Waals surface area contributed by atoms with E-state index in [0.717, 1.165) is 44.4 Å². The van der Waals surface area contributed by atoms with Gasteiger partial charge in [-0.1, -0.05) is 25.0 Å². The second kappa shape index (κ2) is 11.5. The van der Waals surface area contributed by atoms with E-state index in [1.807, 2.05) is 12.1 Å². The van der Waals surface area contributed by atoms with E-state index in [-0.39, 0.29) is 24.8 Å². The van der Waals surface area contributed by atoms with E-state index in [0.29, 0.717) is 31.5 Å². The van der Waals surface area contributed by atoms with Crippen LogP contribution in [-0.4, -0.2) is 68.9 Å². The number of halogens is 1. The SMILES string of the molecule is COCCOc1ccc(C[C@@H]2CCCCCN2c2nc(N3CCO[C@H](F)C3)cc(=O)[nH]2)cc1. The number of H-pyrrole nitrogens is 1. The minimum absolute atomic E-state index is 0.0815. The Morgan fingerprint density at radius 3 is 2.82 bits per heavy atom. The van der Waals surface area contributed by atoms with Crippen molar-refractivity contribution >= 4 is 11.8 Å². The highest BCUT2D eigenvalue weighted by Gasteiger charge is 2.26. The summed E-state index contributed by atoms with van der Waals surface area (Å²) < 4.78 is 29.4. The number of aromatic nitrogens is 2. The van der Waals surface area contributed by atoms with Crippen molar-refractivity contribution in [3.63, 3.8) is 0 Å². The molecule has 2 saturated heterocycles. The molecule has 0 spiro atoms. The van der Waals surface area contributed by atoms with Crippen LogP contribution in [0.4, 0.5) is 16.2 Å². The zero-order chi connectivity index (χ0) is 23.0. The molecule has 0 radical (unpaired) electrons. The number of hydrogen-bond acceptors (Lipinski definition) is 7. The molecule has 0 amide bonds. The molecule has 2 aliphatic rings. The molecule has 2 atom stereocenters. The van der Waals surface area contributed by atoms with Crippen molar-refractivity contribution < 1.29 is 18.6 Å². The minimum Gasteiger partial charge on any atom is -0.491 e. The fourth-order valence-electron chi connectivity index (χ4n) is 4.45. The van der Waals surface area contributed by atoms with E-state index in [2.05, 4.69) is 22.0 Å². The van der Waals surface area contributed by atoms with Crippen LogP contribution in [0, 0.1) is 0 Å². The summed E-state index contributed by atoms with van der Waals surface area (Å²) in [5.41, 5.74) is 0.982. The average Bonchev–Trinajstić information content (AvgIpc) is 3.05. The number of hydrogen-bond donors (Lipinski definition) is 1. The topological polar surface area (TPSA) is 79.9 Å². The Morgan fingerprint density at radius 2 is 2.03 bits per heavy atom. The molecule has 4 rings (SSSR count). The number of nitrogens with one attached hydrogen (secondary N) is 1. The molecule has 1 N–H and O–H groups in total. The monoisotopic (exact) mass is 460 g/mol. The summed E-state index contributed by atoms with van der Waals surface area (Å²) >= 11 is 0. The standard InChI is InChI=1S/C24H33FN4O4/c1-31-13-14-32-20-8-6-18(7-9-20)15-19-5-3-2-4-10-29(19)24-26-22(16-23(30)27-24)28-11-12-33-21(25)17-28/h6-9,16,19,21H,2-5,10-15,17H2,1H3,(H,26,27,30)/t19-,21-/m0/s1. The van der Waals surface area contributed by atoms with Gasteiger partial charge in [0.1, 0.15) is 18.2 Å². The fraction of sp³-hybridized carbons (Fsp3) is 0.583. The van der Waals surface area contributed by atoms with Gasteiger partial charge in [-0.25, -0.2) is 4.39 Å². The summed E-state index contributed by atoms with van der Waals surface area (Å²) in [6.07, 6.45) is 3.82. The number of rotatable bonds is 8. The third kappa shape index (κ3) is 6.45. The van der Waals surface area contributed by atoms with Crippen LogP contribution in [0.5, 0.6) is 5.75 Å². The number of aromatic amines is 1. The molecular weight excluding hydrogens is 427 g/mol. The van der Waals surface area contributed by atoms with Crippen LogP contribution in [0.1, 0.15) is 31.2 Å². The van der Waals surface area contributed by atoms with Gasteiger partial charge in [-0.2, -0.15) is 4.98 Å². The summed E-state index contributed by atoms with van der Waals surface area (Å²) in [7, 11) is 1.65. The van der Waals surface area contributed by atoms with Crippen LogP contribution in [0.2, 0.25) is 0 Å². The van der Waals surface area contributed by atoms with Gasteiger partial charge in [-0.3, -0.25) is 9.78 Å². The molecule has 8 nitrogen and oxygen atoms in total. The van der Waals surface area contributed by atoms with Gasteiger partial charge in [-0.15, -0.1) is 0 Å². The van der Waals surface area contributed by atoms with E-state index >= 15 is 0 Å². The van der Waals surface area contributed by atoms with Crippen LogP contribution in [0.15, 0.2) is 35.1 Å². The fourth-order valence-corrected chi connectivity index (χ4v) is 4.45. The Bertz CT molecular complexity index is 939. The van der Waals surface area contributed by atoms with Crippen LogP contribution < -0.4 is 20.1 Å². The summed E-state index contributed by atoms with van der Waals surface area (Å²) in [6, 6.07) is 9.80. The van der Waals surface area contributed by atoms with Crippen LogP contribution in [0.3, 0.4) is 0 Å². The Kier molecular flexibility index (Phi) is 8.17. The molecular formula is C24H33FN4O4. The van der Waals surface area contributed by atoms with Gasteiger partial charge in [0.25, 0.3) is 5.56 Å². The Morgan fingerprint density at radius 1 is 1.18 bits per heavy atom. The second-order valence-electron chi connectivity index (χ2n) is 8.54. The summed E-state index contributed by atoms with van der Waals surface area (Å²) in [6.45, 7) is 2.77. The van der Waals surface area contributed by atoms with E-state index in [4.69, 9.17) is 19.2 Å². The first-order valence-electron chi connectivity index (χ1n) is 11.7. The average molecular weight is 461 g/mol. The largest absolute Gasteiger partial charge is 0.491 e. The normalized spacial score (nSPS) is 21.6. The van der Waals surface area contributed by atoms with Crippen molar-refractivity contribution in [2.24, 2.45) is 0 Å². The number of methoxy groups -OCH3 is 1. The first-order chi connectivity index (χ1) is 16.1. The van der Waals surface area contributed by atoms with Gasteiger partial charge in [0.2, 0.25) is 12.3 Å². The predicted octanol–water partition coefficient (Wildman–Crippen LogP) is 2.92. The lowest BCUT2D eigenvalue weighted by Gasteiger charge is -2.33.